The number of benzene rings is 2. The Bertz CT molecular complexity index is 629. The quantitative estimate of drug-likeness (QED) is 0.761. The first-order chi connectivity index (χ1) is 9.69. The highest BCUT2D eigenvalue weighted by Crippen LogP contribution is 2.22. The molecule has 2 rings (SSSR count). The van der Waals surface area contributed by atoms with Crippen molar-refractivity contribution in [2.45, 2.75) is 13.3 Å². The summed E-state index contributed by atoms with van der Waals surface area (Å²) >= 11 is 0. The number of hydrogen-bond donors (Lipinski definition) is 0. The molecular weight excluding hydrogens is 250 g/mol. The van der Waals surface area contributed by atoms with E-state index < -0.39 is 0 Å². The molecule has 0 heterocycles. The third kappa shape index (κ3) is 3.69. The highest BCUT2D eigenvalue weighted by Gasteiger charge is 2.11. The largest absolute Gasteiger partial charge is 0.457 e. The SMILES string of the molecule is CC(C#N)CC(=O)c1cccc(Oc2ccccc2)c1. The van der Waals surface area contributed by atoms with Crippen LogP contribution in [0.15, 0.2) is 54.6 Å². The molecule has 2 aromatic rings. The second-order valence-corrected chi connectivity index (χ2v) is 4.60. The molecule has 0 spiro atoms. The van der Waals surface area contributed by atoms with E-state index >= 15 is 0 Å². The summed E-state index contributed by atoms with van der Waals surface area (Å²) < 4.78 is 5.68. The molecule has 1 unspecified atom stereocenters. The summed E-state index contributed by atoms with van der Waals surface area (Å²) in [5.41, 5.74) is 0.570. The van der Waals surface area contributed by atoms with Gasteiger partial charge in [-0.05, 0) is 31.2 Å². The third-order valence-corrected chi connectivity index (χ3v) is 2.85. The number of para-hydroxylation sites is 1. The molecule has 2 aromatic carbocycles. The molecule has 0 bridgehead atoms. The average molecular weight is 265 g/mol. The van der Waals surface area contributed by atoms with Crippen LogP contribution >= 0.6 is 0 Å². The predicted octanol–water partition coefficient (Wildman–Crippen LogP) is 4.21. The fourth-order valence-electron chi connectivity index (χ4n) is 1.80. The number of nitriles is 1. The van der Waals surface area contributed by atoms with Crippen LogP contribution in [0, 0.1) is 17.2 Å². The minimum absolute atomic E-state index is 0.0439. The van der Waals surface area contributed by atoms with Crippen molar-refractivity contribution >= 4 is 5.78 Å². The van der Waals surface area contributed by atoms with E-state index in [4.69, 9.17) is 10.00 Å². The molecule has 0 radical (unpaired) electrons. The lowest BCUT2D eigenvalue weighted by Crippen LogP contribution is -2.04. The first-order valence-corrected chi connectivity index (χ1v) is 6.45. The van der Waals surface area contributed by atoms with E-state index in [0.29, 0.717) is 11.3 Å². The van der Waals surface area contributed by atoms with Crippen LogP contribution in [0.1, 0.15) is 23.7 Å². The molecule has 0 aliphatic rings. The fourth-order valence-corrected chi connectivity index (χ4v) is 1.80. The van der Waals surface area contributed by atoms with Gasteiger partial charge in [0.1, 0.15) is 11.5 Å². The zero-order chi connectivity index (χ0) is 14.4. The van der Waals surface area contributed by atoms with Crippen LogP contribution < -0.4 is 4.74 Å². The number of Topliss-reactive ketones (excluding diaryl/α,β-unsaturated/α-hetero) is 1. The van der Waals surface area contributed by atoms with Gasteiger partial charge in [0.05, 0.1) is 12.0 Å². The molecule has 3 nitrogen and oxygen atoms in total. The van der Waals surface area contributed by atoms with E-state index in [9.17, 15) is 4.79 Å². The van der Waals surface area contributed by atoms with Gasteiger partial charge in [0.15, 0.2) is 5.78 Å². The van der Waals surface area contributed by atoms with Crippen LogP contribution in [0.4, 0.5) is 0 Å². The Labute approximate surface area is 118 Å². The number of carbonyl (C=O) groups is 1. The van der Waals surface area contributed by atoms with E-state index in [2.05, 4.69) is 6.07 Å². The van der Waals surface area contributed by atoms with Gasteiger partial charge in [-0.25, -0.2) is 0 Å². The van der Waals surface area contributed by atoms with Gasteiger partial charge in [0, 0.05) is 12.0 Å². The normalized spacial score (nSPS) is 11.4. The summed E-state index contributed by atoms with van der Waals surface area (Å²) in [4.78, 5) is 12.0. The topological polar surface area (TPSA) is 50.1 Å². The first kappa shape index (κ1) is 13.8. The summed E-state index contributed by atoms with van der Waals surface area (Å²) in [6.45, 7) is 1.74. The molecule has 0 saturated carbocycles. The Hall–Kier alpha value is -2.60. The van der Waals surface area contributed by atoms with Gasteiger partial charge in [-0.2, -0.15) is 5.26 Å². The van der Waals surface area contributed by atoms with Gasteiger partial charge in [0.2, 0.25) is 0 Å². The maximum Gasteiger partial charge on any atom is 0.164 e. The average Bonchev–Trinajstić information content (AvgIpc) is 2.48. The van der Waals surface area contributed by atoms with Crippen molar-refractivity contribution in [1.29, 1.82) is 5.26 Å². The Morgan fingerprint density at radius 3 is 2.55 bits per heavy atom. The van der Waals surface area contributed by atoms with E-state index in [1.807, 2.05) is 30.3 Å². The van der Waals surface area contributed by atoms with Crippen molar-refractivity contribution in [1.82, 2.24) is 0 Å². The summed E-state index contributed by atoms with van der Waals surface area (Å²) in [5.74, 6) is 1.02. The lowest BCUT2D eigenvalue weighted by Gasteiger charge is -2.07. The van der Waals surface area contributed by atoms with Crippen LogP contribution in [-0.2, 0) is 0 Å². The summed E-state index contributed by atoms with van der Waals surface area (Å²) in [7, 11) is 0. The van der Waals surface area contributed by atoms with E-state index in [1.165, 1.54) is 0 Å². The standard InChI is InChI=1S/C17H15NO2/c1-13(12-18)10-17(19)14-6-5-9-16(11-14)20-15-7-3-2-4-8-15/h2-9,11,13H,10H2,1H3. The number of rotatable bonds is 5. The number of ketones is 1. The van der Waals surface area contributed by atoms with Crippen LogP contribution in [0.2, 0.25) is 0 Å². The van der Waals surface area contributed by atoms with E-state index in [0.717, 1.165) is 5.75 Å². The zero-order valence-corrected chi connectivity index (χ0v) is 11.2. The molecule has 3 heteroatoms. The minimum Gasteiger partial charge on any atom is -0.457 e. The van der Waals surface area contributed by atoms with Crippen LogP contribution in [0.5, 0.6) is 11.5 Å². The van der Waals surface area contributed by atoms with Gasteiger partial charge < -0.3 is 4.74 Å². The van der Waals surface area contributed by atoms with Crippen LogP contribution in [0.25, 0.3) is 0 Å². The van der Waals surface area contributed by atoms with Crippen molar-refractivity contribution in [2.75, 3.05) is 0 Å². The van der Waals surface area contributed by atoms with Gasteiger partial charge >= 0.3 is 0 Å². The highest BCUT2D eigenvalue weighted by molar-refractivity contribution is 5.96. The molecule has 0 saturated heterocycles. The molecule has 1 atom stereocenters. The number of ether oxygens (including phenoxy) is 1. The molecule has 20 heavy (non-hydrogen) atoms. The maximum atomic E-state index is 12.0. The lowest BCUT2D eigenvalue weighted by atomic mass is 10.0. The summed E-state index contributed by atoms with van der Waals surface area (Å²) in [6, 6.07) is 18.5. The number of hydrogen-bond acceptors (Lipinski definition) is 3. The first-order valence-electron chi connectivity index (χ1n) is 6.45. The molecule has 0 fully saturated rings. The maximum absolute atomic E-state index is 12.0. The van der Waals surface area contributed by atoms with Crippen LogP contribution in [-0.4, -0.2) is 5.78 Å². The smallest absolute Gasteiger partial charge is 0.164 e. The van der Waals surface area contributed by atoms with Crippen LogP contribution in [0.3, 0.4) is 0 Å². The highest BCUT2D eigenvalue weighted by atomic mass is 16.5. The zero-order valence-electron chi connectivity index (χ0n) is 11.2. The summed E-state index contributed by atoms with van der Waals surface area (Å²) in [6.07, 6.45) is 0.227. The van der Waals surface area contributed by atoms with Crippen molar-refractivity contribution < 1.29 is 9.53 Å². The Morgan fingerprint density at radius 1 is 1.15 bits per heavy atom. The number of nitrogens with zero attached hydrogens (tertiary/aromatic N) is 1. The minimum atomic E-state index is -0.277. The van der Waals surface area contributed by atoms with Crippen molar-refractivity contribution in [2.24, 2.45) is 5.92 Å². The lowest BCUT2D eigenvalue weighted by molar-refractivity contribution is 0.0972. The van der Waals surface area contributed by atoms with Crippen molar-refractivity contribution in [3.63, 3.8) is 0 Å². The Morgan fingerprint density at radius 2 is 1.85 bits per heavy atom. The molecule has 0 aromatic heterocycles. The molecule has 100 valence electrons. The Kier molecular flexibility index (Phi) is 4.52. The summed E-state index contributed by atoms with van der Waals surface area (Å²) in [5, 5.41) is 8.75. The molecule has 0 N–H and O–H groups in total. The van der Waals surface area contributed by atoms with E-state index in [1.54, 1.807) is 31.2 Å². The van der Waals surface area contributed by atoms with Gasteiger partial charge in [-0.1, -0.05) is 30.3 Å². The molecule has 0 aliphatic heterocycles. The van der Waals surface area contributed by atoms with Crippen molar-refractivity contribution in [3.8, 4) is 17.6 Å². The molecule has 0 amide bonds. The fraction of sp³-hybridized carbons (Fsp3) is 0.176. The number of carbonyl (C=O) groups excluding carboxylic acids is 1. The third-order valence-electron chi connectivity index (χ3n) is 2.85. The second kappa shape index (κ2) is 6.53. The second-order valence-electron chi connectivity index (χ2n) is 4.60. The monoisotopic (exact) mass is 265 g/mol. The Balaban J connectivity index is 2.12. The van der Waals surface area contributed by atoms with Gasteiger partial charge in [-0.15, -0.1) is 0 Å². The molecular formula is C17H15NO2. The van der Waals surface area contributed by atoms with Gasteiger partial charge in [-0.3, -0.25) is 4.79 Å². The predicted molar refractivity (Wildman–Crippen MR) is 76.7 cm³/mol. The van der Waals surface area contributed by atoms with E-state index in [-0.39, 0.29) is 18.1 Å². The van der Waals surface area contributed by atoms with Crippen molar-refractivity contribution in [3.05, 3.63) is 60.2 Å². The van der Waals surface area contributed by atoms with Gasteiger partial charge in [0.25, 0.3) is 0 Å². The molecule has 0 aliphatic carbocycles.